The molecule has 0 aromatic heterocycles. The number of alkyl halides is 2. The van der Waals surface area contributed by atoms with Crippen LogP contribution in [0.2, 0.25) is 0 Å². The van der Waals surface area contributed by atoms with Crippen molar-refractivity contribution >= 4 is 0 Å². The van der Waals surface area contributed by atoms with Gasteiger partial charge in [-0.15, -0.1) is 0 Å². The summed E-state index contributed by atoms with van der Waals surface area (Å²) in [6, 6.07) is 0. The summed E-state index contributed by atoms with van der Waals surface area (Å²) in [7, 11) is 0. The Labute approximate surface area is 127 Å². The molecule has 3 fully saturated rings. The van der Waals surface area contributed by atoms with Crippen molar-refractivity contribution in [3.8, 4) is 0 Å². The molecule has 4 aliphatic carbocycles. The van der Waals surface area contributed by atoms with Crippen LogP contribution in [-0.4, -0.2) is 12.3 Å². The maximum absolute atomic E-state index is 14.4. The Morgan fingerprint density at radius 2 is 1.81 bits per heavy atom. The van der Waals surface area contributed by atoms with Crippen LogP contribution in [0, 0.1) is 28.6 Å². The van der Waals surface area contributed by atoms with Crippen LogP contribution in [0.25, 0.3) is 0 Å². The van der Waals surface area contributed by atoms with Gasteiger partial charge in [-0.1, -0.05) is 25.5 Å². The molecule has 3 saturated carbocycles. The van der Waals surface area contributed by atoms with Crippen molar-refractivity contribution in [1.82, 2.24) is 0 Å². The minimum Gasteiger partial charge on any atom is -0.247 e. The van der Waals surface area contributed by atoms with Gasteiger partial charge in [-0.05, 0) is 68.1 Å². The first-order valence-electron chi connectivity index (χ1n) is 8.93. The third-order valence-electron chi connectivity index (χ3n) is 7.93. The van der Waals surface area contributed by atoms with Crippen molar-refractivity contribution in [3.05, 3.63) is 11.6 Å². The van der Waals surface area contributed by atoms with Gasteiger partial charge in [0.15, 0.2) is 0 Å². The minimum atomic E-state index is -0.628. The summed E-state index contributed by atoms with van der Waals surface area (Å²) in [5, 5.41) is 0. The van der Waals surface area contributed by atoms with E-state index in [4.69, 9.17) is 0 Å². The maximum atomic E-state index is 14.4. The first kappa shape index (κ1) is 14.2. The summed E-state index contributed by atoms with van der Waals surface area (Å²) < 4.78 is 28.2. The van der Waals surface area contributed by atoms with Crippen LogP contribution >= 0.6 is 0 Å². The number of fused-ring (bicyclic) bond motifs is 5. The lowest BCUT2D eigenvalue weighted by Gasteiger charge is -2.57. The van der Waals surface area contributed by atoms with Crippen molar-refractivity contribution in [2.24, 2.45) is 28.6 Å². The second kappa shape index (κ2) is 4.55. The molecule has 21 heavy (non-hydrogen) atoms. The van der Waals surface area contributed by atoms with Gasteiger partial charge in [-0.25, -0.2) is 8.78 Å². The Kier molecular flexibility index (Phi) is 3.08. The molecular weight excluding hydrogens is 266 g/mol. The monoisotopic (exact) mass is 294 g/mol. The number of allylic oxidation sites excluding steroid dienone is 2. The molecule has 7 atom stereocenters. The molecule has 0 nitrogen and oxygen atoms in total. The number of halogens is 2. The first-order chi connectivity index (χ1) is 9.95. The third-order valence-corrected chi connectivity index (χ3v) is 7.93. The van der Waals surface area contributed by atoms with E-state index in [1.165, 1.54) is 5.57 Å². The molecule has 0 aromatic carbocycles. The molecule has 4 aliphatic rings. The Balaban J connectivity index is 1.68. The Morgan fingerprint density at radius 1 is 1.00 bits per heavy atom. The van der Waals surface area contributed by atoms with E-state index in [0.29, 0.717) is 24.2 Å². The average Bonchev–Trinajstić information content (AvgIpc) is 2.76. The zero-order chi connectivity index (χ0) is 14.8. The van der Waals surface area contributed by atoms with Gasteiger partial charge in [0, 0.05) is 11.8 Å². The van der Waals surface area contributed by atoms with E-state index in [1.807, 2.05) is 0 Å². The summed E-state index contributed by atoms with van der Waals surface area (Å²) in [4.78, 5) is 0. The highest BCUT2D eigenvalue weighted by atomic mass is 19.1. The summed E-state index contributed by atoms with van der Waals surface area (Å²) >= 11 is 0. The van der Waals surface area contributed by atoms with Gasteiger partial charge in [-0.2, -0.15) is 0 Å². The molecule has 0 heterocycles. The Hall–Kier alpha value is -0.400. The summed E-state index contributed by atoms with van der Waals surface area (Å²) in [6.45, 7) is 4.58. The van der Waals surface area contributed by atoms with Crippen LogP contribution in [0.5, 0.6) is 0 Å². The van der Waals surface area contributed by atoms with E-state index in [0.717, 1.165) is 44.9 Å². The second-order valence-electron chi connectivity index (χ2n) is 8.69. The van der Waals surface area contributed by atoms with Crippen molar-refractivity contribution in [1.29, 1.82) is 0 Å². The van der Waals surface area contributed by atoms with E-state index in [-0.39, 0.29) is 10.8 Å². The topological polar surface area (TPSA) is 0 Å². The normalized spacial score (nSPS) is 56.2. The molecule has 0 spiro atoms. The van der Waals surface area contributed by atoms with Gasteiger partial charge < -0.3 is 0 Å². The molecule has 0 radical (unpaired) electrons. The second-order valence-corrected chi connectivity index (χ2v) is 8.69. The molecule has 4 rings (SSSR count). The largest absolute Gasteiger partial charge is 0.247 e. The predicted molar refractivity (Wildman–Crippen MR) is 81.5 cm³/mol. The predicted octanol–water partition coefficient (Wildman–Crippen LogP) is 5.63. The molecule has 0 amide bonds. The van der Waals surface area contributed by atoms with Gasteiger partial charge in [0.25, 0.3) is 0 Å². The van der Waals surface area contributed by atoms with Gasteiger partial charge in [0.2, 0.25) is 0 Å². The van der Waals surface area contributed by atoms with E-state index >= 15 is 0 Å². The molecule has 0 aromatic rings. The van der Waals surface area contributed by atoms with Crippen LogP contribution in [0.4, 0.5) is 8.78 Å². The lowest BCUT2D eigenvalue weighted by Crippen LogP contribution is -2.50. The van der Waals surface area contributed by atoms with Crippen molar-refractivity contribution in [2.75, 3.05) is 0 Å². The lowest BCUT2D eigenvalue weighted by atomic mass is 9.48. The SMILES string of the molecule is C[C@]12CC[C@H]3[C@@H](CC=C4C[C@@H](F)CC[C@@]43C)[C@@H]1CC[C@H]2F. The van der Waals surface area contributed by atoms with Gasteiger partial charge in [0.05, 0.1) is 0 Å². The highest BCUT2D eigenvalue weighted by Gasteiger charge is 2.58. The fourth-order valence-electron chi connectivity index (χ4n) is 6.55. The zero-order valence-electron chi connectivity index (χ0n) is 13.4. The molecule has 2 heteroatoms. The number of rotatable bonds is 0. The maximum Gasteiger partial charge on any atom is 0.106 e. The van der Waals surface area contributed by atoms with Crippen molar-refractivity contribution < 1.29 is 8.78 Å². The number of hydrogen-bond acceptors (Lipinski definition) is 0. The van der Waals surface area contributed by atoms with E-state index in [2.05, 4.69) is 19.9 Å². The van der Waals surface area contributed by atoms with Gasteiger partial charge in [-0.3, -0.25) is 0 Å². The molecule has 0 aliphatic heterocycles. The zero-order valence-corrected chi connectivity index (χ0v) is 13.4. The summed E-state index contributed by atoms with van der Waals surface area (Å²) in [5.74, 6) is 1.88. The minimum absolute atomic E-state index is 0.0693. The Morgan fingerprint density at radius 3 is 2.62 bits per heavy atom. The highest BCUT2D eigenvalue weighted by Crippen LogP contribution is 2.65. The van der Waals surface area contributed by atoms with E-state index in [1.54, 1.807) is 0 Å². The fourth-order valence-corrected chi connectivity index (χ4v) is 6.55. The summed E-state index contributed by atoms with van der Waals surface area (Å²) in [5.41, 5.74) is 1.53. The molecule has 0 bridgehead atoms. The Bertz CT molecular complexity index is 470. The standard InChI is InChI=1S/C19H28F2/c1-18-9-7-13(20)11-12(18)3-4-14-15-5-6-17(21)19(15,2)10-8-16(14)18/h3,13-17H,4-11H2,1-2H3/t13-,14-,15-,16-,17+,18-,19-/m0/s1. The van der Waals surface area contributed by atoms with Crippen LogP contribution in [-0.2, 0) is 0 Å². The molecule has 0 N–H and O–H groups in total. The molecular formula is C19H28F2. The highest BCUT2D eigenvalue weighted by molar-refractivity contribution is 5.25. The van der Waals surface area contributed by atoms with E-state index < -0.39 is 12.3 Å². The molecule has 0 saturated heterocycles. The van der Waals surface area contributed by atoms with Crippen molar-refractivity contribution in [3.63, 3.8) is 0 Å². The van der Waals surface area contributed by atoms with Crippen LogP contribution in [0.3, 0.4) is 0 Å². The molecule has 118 valence electrons. The average molecular weight is 294 g/mol. The summed E-state index contributed by atoms with van der Waals surface area (Å²) in [6.07, 6.45) is 8.64. The fraction of sp³-hybridized carbons (Fsp3) is 0.895. The molecule has 0 unspecified atom stereocenters. The van der Waals surface area contributed by atoms with Crippen LogP contribution in [0.1, 0.15) is 65.2 Å². The van der Waals surface area contributed by atoms with Crippen LogP contribution in [0.15, 0.2) is 11.6 Å². The third kappa shape index (κ3) is 1.83. The van der Waals surface area contributed by atoms with Gasteiger partial charge >= 0.3 is 0 Å². The lowest BCUT2D eigenvalue weighted by molar-refractivity contribution is -0.0506. The quantitative estimate of drug-likeness (QED) is 0.508. The number of hydrogen-bond donors (Lipinski definition) is 0. The van der Waals surface area contributed by atoms with Crippen LogP contribution < -0.4 is 0 Å². The smallest absolute Gasteiger partial charge is 0.106 e. The van der Waals surface area contributed by atoms with E-state index in [9.17, 15) is 8.78 Å². The first-order valence-corrected chi connectivity index (χ1v) is 8.93. The van der Waals surface area contributed by atoms with Crippen molar-refractivity contribution in [2.45, 2.75) is 77.6 Å². The van der Waals surface area contributed by atoms with Gasteiger partial charge in [0.1, 0.15) is 12.3 Å².